The summed E-state index contributed by atoms with van der Waals surface area (Å²) in [7, 11) is 0. The maximum Gasteiger partial charge on any atom is 0.231 e. The van der Waals surface area contributed by atoms with Crippen LogP contribution in [-0.2, 0) is 11.2 Å². The molecule has 4 aromatic rings. The average Bonchev–Trinajstić information content (AvgIpc) is 2.80. The molecule has 0 saturated carbocycles. The lowest BCUT2D eigenvalue weighted by molar-refractivity contribution is -0.117. The minimum Gasteiger partial charge on any atom is -0.325 e. The lowest BCUT2D eigenvalue weighted by Crippen LogP contribution is -2.23. The van der Waals surface area contributed by atoms with Gasteiger partial charge in [0.15, 0.2) is 0 Å². The van der Waals surface area contributed by atoms with Crippen molar-refractivity contribution in [1.82, 2.24) is 0 Å². The first-order chi connectivity index (χ1) is 15.9. The summed E-state index contributed by atoms with van der Waals surface area (Å²) in [5.41, 5.74) is 6.85. The van der Waals surface area contributed by atoms with Crippen molar-refractivity contribution in [2.45, 2.75) is 46.5 Å². The molecule has 0 fully saturated rings. The third-order valence-electron chi connectivity index (χ3n) is 6.39. The molecule has 0 aliphatic rings. The van der Waals surface area contributed by atoms with Crippen LogP contribution >= 0.6 is 0 Å². The quantitative estimate of drug-likeness (QED) is 0.315. The second kappa shape index (κ2) is 10.0. The van der Waals surface area contributed by atoms with Crippen molar-refractivity contribution in [2.75, 3.05) is 5.32 Å². The summed E-state index contributed by atoms with van der Waals surface area (Å²) in [5.74, 6) is 0.267. The highest BCUT2D eigenvalue weighted by Crippen LogP contribution is 2.32. The number of carbonyl (C=O) groups excluding carboxylic acids is 1. The standard InChI is InChI=1S/C31H33NO/c1-21(2)18-29(28-15-9-13-24-11-7-8-14-27(24)28)31(33)32-30-19-22(3)16-17-26(30)20-25-12-6-5-10-23(25)4/h5-17,19,21,29H,18,20H2,1-4H3,(H,32,33). The first kappa shape index (κ1) is 22.8. The van der Waals surface area contributed by atoms with E-state index in [2.05, 4.69) is 112 Å². The van der Waals surface area contributed by atoms with Crippen molar-refractivity contribution in [3.63, 3.8) is 0 Å². The van der Waals surface area contributed by atoms with E-state index in [1.807, 2.05) is 6.07 Å². The topological polar surface area (TPSA) is 29.1 Å². The average molecular weight is 436 g/mol. The molecule has 1 atom stereocenters. The van der Waals surface area contributed by atoms with E-state index in [1.54, 1.807) is 0 Å². The molecule has 0 aliphatic carbocycles. The maximum atomic E-state index is 13.8. The third kappa shape index (κ3) is 5.34. The maximum absolute atomic E-state index is 13.8. The van der Waals surface area contributed by atoms with E-state index >= 15 is 0 Å². The van der Waals surface area contributed by atoms with Gasteiger partial charge in [0.25, 0.3) is 0 Å². The van der Waals surface area contributed by atoms with E-state index in [4.69, 9.17) is 0 Å². The second-order valence-electron chi connectivity index (χ2n) is 9.50. The molecule has 168 valence electrons. The van der Waals surface area contributed by atoms with Crippen LogP contribution in [0.2, 0.25) is 0 Å². The van der Waals surface area contributed by atoms with Crippen LogP contribution < -0.4 is 5.32 Å². The number of anilines is 1. The molecular formula is C31H33NO. The highest BCUT2D eigenvalue weighted by Gasteiger charge is 2.24. The van der Waals surface area contributed by atoms with Crippen LogP contribution in [0.1, 0.15) is 54.0 Å². The number of carbonyl (C=O) groups is 1. The second-order valence-corrected chi connectivity index (χ2v) is 9.50. The molecule has 0 radical (unpaired) electrons. The highest BCUT2D eigenvalue weighted by atomic mass is 16.1. The van der Waals surface area contributed by atoms with Gasteiger partial charge < -0.3 is 5.32 Å². The van der Waals surface area contributed by atoms with Crippen LogP contribution in [0.5, 0.6) is 0 Å². The largest absolute Gasteiger partial charge is 0.325 e. The van der Waals surface area contributed by atoms with Gasteiger partial charge in [0.05, 0.1) is 5.92 Å². The van der Waals surface area contributed by atoms with Gasteiger partial charge in [-0.3, -0.25) is 4.79 Å². The number of rotatable bonds is 7. The number of nitrogens with one attached hydrogen (secondary N) is 1. The molecule has 2 nitrogen and oxygen atoms in total. The summed E-state index contributed by atoms with van der Waals surface area (Å²) in [6, 6.07) is 29.5. The predicted molar refractivity (Wildman–Crippen MR) is 140 cm³/mol. The number of hydrogen-bond donors (Lipinski definition) is 1. The summed E-state index contributed by atoms with van der Waals surface area (Å²) in [4.78, 5) is 13.8. The van der Waals surface area contributed by atoms with Gasteiger partial charge in [-0.2, -0.15) is 0 Å². The van der Waals surface area contributed by atoms with E-state index in [0.29, 0.717) is 5.92 Å². The number of aryl methyl sites for hydroxylation is 2. The van der Waals surface area contributed by atoms with E-state index < -0.39 is 0 Å². The van der Waals surface area contributed by atoms with Crippen molar-refractivity contribution >= 4 is 22.4 Å². The minimum atomic E-state index is -0.206. The third-order valence-corrected chi connectivity index (χ3v) is 6.39. The Morgan fingerprint density at radius 1 is 0.818 bits per heavy atom. The molecule has 0 heterocycles. The fourth-order valence-corrected chi connectivity index (χ4v) is 4.60. The summed E-state index contributed by atoms with van der Waals surface area (Å²) in [6.07, 6.45) is 1.60. The molecule has 1 amide bonds. The van der Waals surface area contributed by atoms with Crippen LogP contribution in [0, 0.1) is 19.8 Å². The van der Waals surface area contributed by atoms with Gasteiger partial charge in [0, 0.05) is 5.69 Å². The Kier molecular flexibility index (Phi) is 6.93. The van der Waals surface area contributed by atoms with Gasteiger partial charge in [-0.1, -0.05) is 92.7 Å². The molecule has 0 aromatic heterocycles. The predicted octanol–water partition coefficient (Wildman–Crippen LogP) is 7.82. The van der Waals surface area contributed by atoms with E-state index in [0.717, 1.165) is 40.6 Å². The van der Waals surface area contributed by atoms with E-state index in [9.17, 15) is 4.79 Å². The molecule has 1 unspecified atom stereocenters. The van der Waals surface area contributed by atoms with Gasteiger partial charge in [-0.15, -0.1) is 0 Å². The highest BCUT2D eigenvalue weighted by molar-refractivity contribution is 6.00. The molecule has 0 aliphatic heterocycles. The Bertz CT molecular complexity index is 1270. The summed E-state index contributed by atoms with van der Waals surface area (Å²) in [5, 5.41) is 5.65. The van der Waals surface area contributed by atoms with Gasteiger partial charge in [-0.05, 0) is 77.3 Å². The van der Waals surface area contributed by atoms with Crippen LogP contribution in [-0.4, -0.2) is 5.91 Å². The van der Waals surface area contributed by atoms with Gasteiger partial charge in [-0.25, -0.2) is 0 Å². The van der Waals surface area contributed by atoms with E-state index in [-0.39, 0.29) is 11.8 Å². The van der Waals surface area contributed by atoms with Crippen LogP contribution in [0.4, 0.5) is 5.69 Å². The number of fused-ring (bicyclic) bond motifs is 1. The molecule has 2 heteroatoms. The molecule has 0 bridgehead atoms. The van der Waals surface area contributed by atoms with Crippen molar-refractivity contribution in [1.29, 1.82) is 0 Å². The zero-order valence-electron chi connectivity index (χ0n) is 20.1. The first-order valence-electron chi connectivity index (χ1n) is 11.8. The first-order valence-corrected chi connectivity index (χ1v) is 11.8. The van der Waals surface area contributed by atoms with E-state index in [1.165, 1.54) is 16.5 Å². The Hall–Kier alpha value is -3.39. The molecule has 4 rings (SSSR count). The lowest BCUT2D eigenvalue weighted by Gasteiger charge is -2.22. The molecule has 33 heavy (non-hydrogen) atoms. The van der Waals surface area contributed by atoms with Gasteiger partial charge >= 0.3 is 0 Å². The van der Waals surface area contributed by atoms with Gasteiger partial charge in [0.1, 0.15) is 0 Å². The summed E-state index contributed by atoms with van der Waals surface area (Å²) in [6.45, 7) is 8.58. The molecular weight excluding hydrogens is 402 g/mol. The zero-order valence-corrected chi connectivity index (χ0v) is 20.1. The lowest BCUT2D eigenvalue weighted by atomic mass is 9.86. The van der Waals surface area contributed by atoms with Crippen LogP contribution in [0.3, 0.4) is 0 Å². The van der Waals surface area contributed by atoms with Crippen molar-refractivity contribution in [3.8, 4) is 0 Å². The normalized spacial score (nSPS) is 12.2. The summed E-state index contributed by atoms with van der Waals surface area (Å²) >= 11 is 0. The smallest absolute Gasteiger partial charge is 0.231 e. The Morgan fingerprint density at radius 2 is 1.55 bits per heavy atom. The SMILES string of the molecule is Cc1ccc(Cc2ccccc2C)c(NC(=O)C(CC(C)C)c2cccc3ccccc23)c1. The zero-order chi connectivity index (χ0) is 23.4. The molecule has 1 N–H and O–H groups in total. The molecule has 0 spiro atoms. The van der Waals surface area contributed by atoms with Crippen molar-refractivity contribution in [3.05, 3.63) is 113 Å². The number of benzene rings is 4. The number of hydrogen-bond acceptors (Lipinski definition) is 1. The Morgan fingerprint density at radius 3 is 2.33 bits per heavy atom. The fourth-order valence-electron chi connectivity index (χ4n) is 4.60. The summed E-state index contributed by atoms with van der Waals surface area (Å²) < 4.78 is 0. The van der Waals surface area contributed by atoms with Crippen LogP contribution in [0.15, 0.2) is 84.9 Å². The minimum absolute atomic E-state index is 0.0664. The molecule has 4 aromatic carbocycles. The Labute approximate surface area is 197 Å². The Balaban J connectivity index is 1.69. The van der Waals surface area contributed by atoms with Crippen LogP contribution in [0.25, 0.3) is 10.8 Å². The van der Waals surface area contributed by atoms with Gasteiger partial charge in [0.2, 0.25) is 5.91 Å². The van der Waals surface area contributed by atoms with Crippen molar-refractivity contribution < 1.29 is 4.79 Å². The monoisotopic (exact) mass is 435 g/mol. The fraction of sp³-hybridized carbons (Fsp3) is 0.258. The molecule has 0 saturated heterocycles. The van der Waals surface area contributed by atoms with Crippen molar-refractivity contribution in [2.24, 2.45) is 5.92 Å². The number of amides is 1.